The number of nitrogens with zero attached hydrogens (tertiary/aromatic N) is 2. The Balaban J connectivity index is 2.19. The van der Waals surface area contributed by atoms with E-state index < -0.39 is 0 Å². The molecular weight excluding hydrogens is 258 g/mol. The number of hydrogen-bond acceptors (Lipinski definition) is 2. The zero-order chi connectivity index (χ0) is 13.7. The normalized spacial score (nSPS) is 10.9. The lowest BCUT2D eigenvalue weighted by molar-refractivity contribution is 0.666. The van der Waals surface area contributed by atoms with Crippen molar-refractivity contribution in [3.05, 3.63) is 41.0 Å². The maximum atomic E-state index is 6.39. The maximum Gasteiger partial charge on any atom is 0.0697 e. The first-order chi connectivity index (χ1) is 9.26. The molecule has 2 aromatic rings. The molecule has 1 aromatic carbocycles. The van der Waals surface area contributed by atoms with Gasteiger partial charge in [0, 0.05) is 24.8 Å². The van der Waals surface area contributed by atoms with E-state index in [4.69, 9.17) is 11.6 Å². The summed E-state index contributed by atoms with van der Waals surface area (Å²) in [5, 5.41) is 8.44. The van der Waals surface area contributed by atoms with E-state index in [2.05, 4.69) is 36.4 Å². The minimum Gasteiger partial charge on any atom is -0.313 e. The third-order valence-corrected chi connectivity index (χ3v) is 3.39. The highest BCUT2D eigenvalue weighted by Crippen LogP contribution is 2.28. The molecule has 19 heavy (non-hydrogen) atoms. The summed E-state index contributed by atoms with van der Waals surface area (Å²) in [5.41, 5.74) is 3.32. The molecule has 0 unspecified atom stereocenters. The molecule has 1 aromatic heterocycles. The van der Waals surface area contributed by atoms with E-state index >= 15 is 0 Å². The van der Waals surface area contributed by atoms with Gasteiger partial charge >= 0.3 is 0 Å². The van der Waals surface area contributed by atoms with Crippen LogP contribution in [0.4, 0.5) is 0 Å². The average molecular weight is 278 g/mol. The van der Waals surface area contributed by atoms with Gasteiger partial charge < -0.3 is 5.32 Å². The van der Waals surface area contributed by atoms with Gasteiger partial charge in [-0.15, -0.1) is 0 Å². The Morgan fingerprint density at radius 2 is 2.11 bits per heavy atom. The summed E-state index contributed by atoms with van der Waals surface area (Å²) >= 11 is 6.39. The molecule has 102 valence electrons. The predicted octanol–water partition coefficient (Wildman–Crippen LogP) is 3.72. The van der Waals surface area contributed by atoms with Crippen LogP contribution in [0.3, 0.4) is 0 Å². The van der Waals surface area contributed by atoms with Crippen LogP contribution in [0.25, 0.3) is 11.3 Å². The highest BCUT2D eigenvalue weighted by Gasteiger charge is 2.08. The SMILES string of the molecule is CCCNCc1ccc(-c2ccnn2CC)c(Cl)c1. The molecule has 4 heteroatoms. The van der Waals surface area contributed by atoms with E-state index in [0.717, 1.165) is 42.3 Å². The Bertz CT molecular complexity index is 534. The van der Waals surface area contributed by atoms with Crippen molar-refractivity contribution in [2.75, 3.05) is 6.54 Å². The molecule has 0 saturated carbocycles. The van der Waals surface area contributed by atoms with Crippen molar-refractivity contribution in [3.63, 3.8) is 0 Å². The number of aromatic nitrogens is 2. The molecule has 0 spiro atoms. The Kier molecular flexibility index (Phi) is 5.00. The second-order valence-corrected chi connectivity index (χ2v) is 4.93. The van der Waals surface area contributed by atoms with Crippen molar-refractivity contribution in [3.8, 4) is 11.3 Å². The van der Waals surface area contributed by atoms with Crippen LogP contribution in [0.2, 0.25) is 5.02 Å². The predicted molar refractivity (Wildman–Crippen MR) is 80.3 cm³/mol. The second kappa shape index (κ2) is 6.73. The molecule has 0 aliphatic carbocycles. The molecule has 0 aliphatic rings. The van der Waals surface area contributed by atoms with Crippen LogP contribution >= 0.6 is 11.6 Å². The molecule has 2 rings (SSSR count). The van der Waals surface area contributed by atoms with E-state index in [1.165, 1.54) is 5.56 Å². The Morgan fingerprint density at radius 3 is 2.79 bits per heavy atom. The molecule has 0 saturated heterocycles. The van der Waals surface area contributed by atoms with Crippen LogP contribution in [0.15, 0.2) is 30.5 Å². The van der Waals surface area contributed by atoms with Gasteiger partial charge in [-0.1, -0.05) is 30.7 Å². The van der Waals surface area contributed by atoms with Gasteiger partial charge in [0.05, 0.1) is 10.7 Å². The van der Waals surface area contributed by atoms with Gasteiger partial charge in [-0.2, -0.15) is 5.10 Å². The smallest absolute Gasteiger partial charge is 0.0697 e. The summed E-state index contributed by atoms with van der Waals surface area (Å²) in [6, 6.07) is 8.23. The van der Waals surface area contributed by atoms with E-state index in [1.807, 2.05) is 23.0 Å². The Morgan fingerprint density at radius 1 is 1.26 bits per heavy atom. The van der Waals surface area contributed by atoms with Crippen LogP contribution < -0.4 is 5.32 Å². The summed E-state index contributed by atoms with van der Waals surface area (Å²) in [4.78, 5) is 0. The van der Waals surface area contributed by atoms with Crippen LogP contribution in [-0.2, 0) is 13.1 Å². The summed E-state index contributed by atoms with van der Waals surface area (Å²) in [7, 11) is 0. The zero-order valence-electron chi connectivity index (χ0n) is 11.5. The molecule has 1 heterocycles. The maximum absolute atomic E-state index is 6.39. The fraction of sp³-hybridized carbons (Fsp3) is 0.400. The zero-order valence-corrected chi connectivity index (χ0v) is 12.2. The Labute approximate surface area is 119 Å². The van der Waals surface area contributed by atoms with Crippen LogP contribution in [0.5, 0.6) is 0 Å². The second-order valence-electron chi connectivity index (χ2n) is 4.52. The van der Waals surface area contributed by atoms with Gasteiger partial charge in [0.25, 0.3) is 0 Å². The standard InChI is InChI=1S/C15H20ClN3/c1-3-8-17-11-12-5-6-13(14(16)10-12)15-7-9-18-19(15)4-2/h5-7,9-10,17H,3-4,8,11H2,1-2H3. The van der Waals surface area contributed by atoms with Crippen molar-refractivity contribution in [1.82, 2.24) is 15.1 Å². The molecule has 0 radical (unpaired) electrons. The van der Waals surface area contributed by atoms with Crippen LogP contribution in [-0.4, -0.2) is 16.3 Å². The largest absolute Gasteiger partial charge is 0.313 e. The number of nitrogens with one attached hydrogen (secondary N) is 1. The van der Waals surface area contributed by atoms with Crippen molar-refractivity contribution < 1.29 is 0 Å². The first-order valence-corrected chi connectivity index (χ1v) is 7.15. The number of aryl methyl sites for hydroxylation is 1. The van der Waals surface area contributed by atoms with Crippen LogP contribution in [0, 0.1) is 0 Å². The van der Waals surface area contributed by atoms with Gasteiger partial charge in [0.15, 0.2) is 0 Å². The van der Waals surface area contributed by atoms with Gasteiger partial charge in [-0.25, -0.2) is 0 Å². The number of halogens is 1. The molecule has 0 amide bonds. The number of benzene rings is 1. The lowest BCUT2D eigenvalue weighted by atomic mass is 10.1. The molecule has 1 N–H and O–H groups in total. The van der Waals surface area contributed by atoms with Gasteiger partial charge in [0.1, 0.15) is 0 Å². The van der Waals surface area contributed by atoms with E-state index in [-0.39, 0.29) is 0 Å². The van der Waals surface area contributed by atoms with Gasteiger partial charge in [-0.05, 0) is 37.6 Å². The topological polar surface area (TPSA) is 29.9 Å². The minimum atomic E-state index is 0.783. The molecule has 3 nitrogen and oxygen atoms in total. The summed E-state index contributed by atoms with van der Waals surface area (Å²) < 4.78 is 1.95. The van der Waals surface area contributed by atoms with Crippen molar-refractivity contribution in [1.29, 1.82) is 0 Å². The first kappa shape index (κ1) is 14.1. The average Bonchev–Trinajstić information content (AvgIpc) is 2.87. The van der Waals surface area contributed by atoms with E-state index in [0.29, 0.717) is 0 Å². The molecular formula is C15H20ClN3. The van der Waals surface area contributed by atoms with E-state index in [1.54, 1.807) is 0 Å². The third-order valence-electron chi connectivity index (χ3n) is 3.08. The molecule has 0 bridgehead atoms. The summed E-state index contributed by atoms with van der Waals surface area (Å²) in [6.45, 7) is 6.98. The quantitative estimate of drug-likeness (QED) is 0.816. The molecule has 0 atom stereocenters. The summed E-state index contributed by atoms with van der Waals surface area (Å²) in [6.07, 6.45) is 2.95. The van der Waals surface area contributed by atoms with Crippen molar-refractivity contribution in [2.45, 2.75) is 33.4 Å². The van der Waals surface area contributed by atoms with E-state index in [9.17, 15) is 0 Å². The number of hydrogen-bond donors (Lipinski definition) is 1. The van der Waals surface area contributed by atoms with Crippen LogP contribution in [0.1, 0.15) is 25.8 Å². The lowest BCUT2D eigenvalue weighted by Crippen LogP contribution is -2.13. The molecule has 0 aliphatic heterocycles. The highest BCUT2D eigenvalue weighted by atomic mass is 35.5. The lowest BCUT2D eigenvalue weighted by Gasteiger charge is -2.09. The highest BCUT2D eigenvalue weighted by molar-refractivity contribution is 6.33. The fourth-order valence-corrected chi connectivity index (χ4v) is 2.40. The van der Waals surface area contributed by atoms with Gasteiger partial charge in [0.2, 0.25) is 0 Å². The van der Waals surface area contributed by atoms with Gasteiger partial charge in [-0.3, -0.25) is 4.68 Å². The third kappa shape index (κ3) is 3.37. The minimum absolute atomic E-state index is 0.783. The molecule has 0 fully saturated rings. The van der Waals surface area contributed by atoms with Crippen molar-refractivity contribution >= 4 is 11.6 Å². The first-order valence-electron chi connectivity index (χ1n) is 6.77. The fourth-order valence-electron chi connectivity index (χ4n) is 2.10. The number of rotatable bonds is 6. The Hall–Kier alpha value is -1.32. The monoisotopic (exact) mass is 277 g/mol. The summed E-state index contributed by atoms with van der Waals surface area (Å²) in [5.74, 6) is 0. The van der Waals surface area contributed by atoms with Crippen molar-refractivity contribution in [2.24, 2.45) is 0 Å².